The van der Waals surface area contributed by atoms with Gasteiger partial charge in [-0.05, 0) is 62.4 Å². The molecule has 3 rings (SSSR count). The van der Waals surface area contributed by atoms with Crippen LogP contribution in [0.3, 0.4) is 0 Å². The predicted molar refractivity (Wildman–Crippen MR) is 99.0 cm³/mol. The Morgan fingerprint density at radius 3 is 2.31 bits per heavy atom. The molecule has 0 saturated heterocycles. The Hall–Kier alpha value is -2.12. The number of aryl methyl sites for hydroxylation is 1. The van der Waals surface area contributed by atoms with Crippen LogP contribution >= 0.6 is 0 Å². The van der Waals surface area contributed by atoms with Crippen LogP contribution in [0.4, 0.5) is 0 Å². The number of pyridine rings is 1. The highest BCUT2D eigenvalue weighted by molar-refractivity contribution is 7.89. The van der Waals surface area contributed by atoms with Gasteiger partial charge in [0.2, 0.25) is 15.9 Å². The van der Waals surface area contributed by atoms with Crippen molar-refractivity contribution in [1.29, 1.82) is 0 Å². The average Bonchev–Trinajstić information content (AvgIpc) is 2.65. The fraction of sp³-hybridized carbons (Fsp3) is 0.421. The summed E-state index contributed by atoms with van der Waals surface area (Å²) in [6.07, 6.45) is 4.94. The van der Waals surface area contributed by atoms with E-state index in [1.165, 1.54) is 0 Å². The van der Waals surface area contributed by atoms with Gasteiger partial charge in [-0.2, -0.15) is 0 Å². The Morgan fingerprint density at radius 2 is 1.73 bits per heavy atom. The zero-order valence-electron chi connectivity index (χ0n) is 15.0. The van der Waals surface area contributed by atoms with E-state index in [1.807, 2.05) is 19.1 Å². The lowest BCUT2D eigenvalue weighted by Gasteiger charge is -2.29. The smallest absolute Gasteiger partial charge is 0.240 e. The lowest BCUT2D eigenvalue weighted by Crippen LogP contribution is -2.39. The van der Waals surface area contributed by atoms with Gasteiger partial charge in [0.15, 0.2) is 0 Å². The molecule has 1 N–H and O–H groups in total. The first-order valence-electron chi connectivity index (χ1n) is 8.72. The third kappa shape index (κ3) is 4.74. The molecule has 1 aliphatic carbocycles. The summed E-state index contributed by atoms with van der Waals surface area (Å²) in [7, 11) is -1.97. The Labute approximate surface area is 154 Å². The summed E-state index contributed by atoms with van der Waals surface area (Å²) in [5.74, 6) is 1.25. The summed E-state index contributed by atoms with van der Waals surface area (Å²) < 4.78 is 38.8. The quantitative estimate of drug-likeness (QED) is 0.838. The van der Waals surface area contributed by atoms with Crippen molar-refractivity contribution in [2.45, 2.75) is 49.6 Å². The van der Waals surface area contributed by atoms with Gasteiger partial charge < -0.3 is 9.47 Å². The molecule has 1 saturated carbocycles. The molecule has 1 heterocycles. The maximum Gasteiger partial charge on any atom is 0.240 e. The van der Waals surface area contributed by atoms with Crippen molar-refractivity contribution in [1.82, 2.24) is 9.71 Å². The third-order valence-corrected chi connectivity index (χ3v) is 6.07. The van der Waals surface area contributed by atoms with E-state index in [1.54, 1.807) is 37.6 Å². The van der Waals surface area contributed by atoms with Gasteiger partial charge >= 0.3 is 0 Å². The first kappa shape index (κ1) is 18.7. The molecular formula is C19H24N2O4S. The average molecular weight is 376 g/mol. The van der Waals surface area contributed by atoms with Crippen LogP contribution in [0.2, 0.25) is 0 Å². The van der Waals surface area contributed by atoms with Crippen molar-refractivity contribution < 1.29 is 17.9 Å². The number of hydrogen-bond acceptors (Lipinski definition) is 5. The van der Waals surface area contributed by atoms with E-state index < -0.39 is 10.0 Å². The molecule has 0 unspecified atom stereocenters. The molecule has 0 spiro atoms. The zero-order valence-corrected chi connectivity index (χ0v) is 15.8. The molecule has 0 bridgehead atoms. The molecule has 0 atom stereocenters. The molecule has 1 aromatic carbocycles. The largest absolute Gasteiger partial charge is 0.497 e. The second-order valence-corrected chi connectivity index (χ2v) is 8.28. The van der Waals surface area contributed by atoms with Gasteiger partial charge in [0.05, 0.1) is 12.0 Å². The Bertz CT molecular complexity index is 812. The molecule has 0 radical (unpaired) electrons. The number of nitrogens with zero attached hydrogens (tertiary/aromatic N) is 1. The Kier molecular flexibility index (Phi) is 5.78. The number of hydrogen-bond donors (Lipinski definition) is 1. The van der Waals surface area contributed by atoms with Crippen molar-refractivity contribution in [3.8, 4) is 11.6 Å². The number of rotatable bonds is 6. The minimum absolute atomic E-state index is 0.0759. The van der Waals surface area contributed by atoms with Crippen molar-refractivity contribution >= 4 is 10.0 Å². The number of sulfonamides is 1. The third-order valence-electron chi connectivity index (χ3n) is 4.54. The van der Waals surface area contributed by atoms with Gasteiger partial charge in [0, 0.05) is 18.3 Å². The molecule has 1 aromatic heterocycles. The number of ether oxygens (including phenoxy) is 2. The minimum Gasteiger partial charge on any atom is -0.497 e. The normalized spacial score (nSPS) is 20.5. The second-order valence-electron chi connectivity index (χ2n) is 6.56. The van der Waals surface area contributed by atoms with Crippen LogP contribution in [0.1, 0.15) is 31.2 Å². The van der Waals surface area contributed by atoms with E-state index in [9.17, 15) is 8.42 Å². The maximum atomic E-state index is 12.5. The summed E-state index contributed by atoms with van der Waals surface area (Å²) in [6.45, 7) is 1.98. The minimum atomic E-state index is -3.52. The Balaban J connectivity index is 1.53. The molecule has 1 fully saturated rings. The van der Waals surface area contributed by atoms with Crippen LogP contribution in [-0.2, 0) is 10.0 Å². The van der Waals surface area contributed by atoms with Crippen LogP contribution < -0.4 is 14.2 Å². The molecule has 0 aliphatic heterocycles. The van der Waals surface area contributed by atoms with Crippen molar-refractivity contribution in [2.75, 3.05) is 7.11 Å². The fourth-order valence-corrected chi connectivity index (χ4v) is 4.34. The highest BCUT2D eigenvalue weighted by Crippen LogP contribution is 2.24. The van der Waals surface area contributed by atoms with Gasteiger partial charge in [-0.3, -0.25) is 0 Å². The number of nitrogens with one attached hydrogen (secondary N) is 1. The topological polar surface area (TPSA) is 77.5 Å². The van der Waals surface area contributed by atoms with Gasteiger partial charge in [-0.1, -0.05) is 6.07 Å². The fourth-order valence-electron chi connectivity index (χ4n) is 3.04. The second kappa shape index (κ2) is 8.05. The molecule has 140 valence electrons. The monoisotopic (exact) mass is 376 g/mol. The van der Waals surface area contributed by atoms with Crippen molar-refractivity contribution in [3.05, 3.63) is 48.2 Å². The van der Waals surface area contributed by atoms with Crippen LogP contribution in [0, 0.1) is 6.92 Å². The molecular weight excluding hydrogens is 352 g/mol. The Morgan fingerprint density at radius 1 is 1.04 bits per heavy atom. The van der Waals surface area contributed by atoms with Gasteiger partial charge in [0.1, 0.15) is 11.9 Å². The molecule has 7 heteroatoms. The summed E-state index contributed by atoms with van der Waals surface area (Å²) in [5, 5.41) is 0. The van der Waals surface area contributed by atoms with E-state index in [-0.39, 0.29) is 17.0 Å². The summed E-state index contributed by atoms with van der Waals surface area (Å²) in [4.78, 5) is 4.51. The van der Waals surface area contributed by atoms with E-state index >= 15 is 0 Å². The van der Waals surface area contributed by atoms with Crippen molar-refractivity contribution in [2.24, 2.45) is 0 Å². The molecule has 1 aliphatic rings. The first-order valence-corrected chi connectivity index (χ1v) is 10.2. The standard InChI is InChI=1S/C19H24N2O4S/c1-14-3-12-19(20-13-14)25-17-6-4-15(5-7-17)21-26(22,23)18-10-8-16(24-2)9-11-18/h3,8-13,15,17,21H,4-7H2,1-2H3. The van der Waals surface area contributed by atoms with E-state index in [0.717, 1.165) is 31.2 Å². The van der Waals surface area contributed by atoms with Crippen molar-refractivity contribution in [3.63, 3.8) is 0 Å². The van der Waals surface area contributed by atoms with E-state index in [0.29, 0.717) is 11.6 Å². The summed E-state index contributed by atoms with van der Waals surface area (Å²) >= 11 is 0. The molecule has 0 amide bonds. The highest BCUT2D eigenvalue weighted by atomic mass is 32.2. The predicted octanol–water partition coefficient (Wildman–Crippen LogP) is 3.07. The summed E-state index contributed by atoms with van der Waals surface area (Å²) in [6, 6.07) is 10.2. The highest BCUT2D eigenvalue weighted by Gasteiger charge is 2.26. The number of aromatic nitrogens is 1. The van der Waals surface area contributed by atoms with E-state index in [2.05, 4.69) is 9.71 Å². The van der Waals surface area contributed by atoms with Gasteiger partial charge in [0.25, 0.3) is 0 Å². The lowest BCUT2D eigenvalue weighted by molar-refractivity contribution is 0.138. The molecule has 2 aromatic rings. The zero-order chi connectivity index (χ0) is 18.6. The summed E-state index contributed by atoms with van der Waals surface area (Å²) in [5.41, 5.74) is 1.09. The molecule has 26 heavy (non-hydrogen) atoms. The van der Waals surface area contributed by atoms with Crippen LogP contribution in [0.25, 0.3) is 0 Å². The number of benzene rings is 1. The maximum absolute atomic E-state index is 12.5. The molecule has 6 nitrogen and oxygen atoms in total. The van der Waals surface area contributed by atoms with Crippen LogP contribution in [0.15, 0.2) is 47.5 Å². The number of methoxy groups -OCH3 is 1. The van der Waals surface area contributed by atoms with Gasteiger partial charge in [-0.25, -0.2) is 18.1 Å². The van der Waals surface area contributed by atoms with Crippen LogP contribution in [-0.4, -0.2) is 32.7 Å². The van der Waals surface area contributed by atoms with Gasteiger partial charge in [-0.15, -0.1) is 0 Å². The van der Waals surface area contributed by atoms with Crippen LogP contribution in [0.5, 0.6) is 11.6 Å². The SMILES string of the molecule is COc1ccc(S(=O)(=O)NC2CCC(Oc3ccc(C)cn3)CC2)cc1. The lowest BCUT2D eigenvalue weighted by atomic mass is 9.94. The first-order chi connectivity index (χ1) is 12.5. The van der Waals surface area contributed by atoms with E-state index in [4.69, 9.17) is 9.47 Å².